The van der Waals surface area contributed by atoms with Crippen molar-refractivity contribution in [3.63, 3.8) is 0 Å². The summed E-state index contributed by atoms with van der Waals surface area (Å²) in [5, 5.41) is 23.8. The third-order valence-electron chi connectivity index (χ3n) is 6.66. The highest BCUT2D eigenvalue weighted by atomic mass is 32.2. The van der Waals surface area contributed by atoms with Gasteiger partial charge < -0.3 is 15.1 Å². The second kappa shape index (κ2) is 8.92. The van der Waals surface area contributed by atoms with E-state index >= 15 is 0 Å². The first-order valence-electron chi connectivity index (χ1n) is 11.2. The minimum atomic E-state index is -4.71. The van der Waals surface area contributed by atoms with Gasteiger partial charge in [0.05, 0.1) is 12.7 Å². The first kappa shape index (κ1) is 24.3. The van der Waals surface area contributed by atoms with Gasteiger partial charge in [0.2, 0.25) is 0 Å². The average Bonchev–Trinajstić information content (AvgIpc) is 3.02. The third-order valence-corrected chi connectivity index (χ3v) is 7.80. The summed E-state index contributed by atoms with van der Waals surface area (Å²) in [6.45, 7) is 0.467. The molecule has 6 nitrogen and oxygen atoms in total. The van der Waals surface area contributed by atoms with Crippen molar-refractivity contribution in [2.45, 2.75) is 41.9 Å². The first-order valence-corrected chi connectivity index (χ1v) is 12.1. The maximum absolute atomic E-state index is 13.8. The lowest BCUT2D eigenvalue weighted by Crippen LogP contribution is -2.62. The number of hydrazine groups is 1. The maximum atomic E-state index is 13.8. The van der Waals surface area contributed by atoms with Crippen molar-refractivity contribution in [1.29, 1.82) is 0 Å². The van der Waals surface area contributed by atoms with Gasteiger partial charge in [-0.25, -0.2) is 0 Å². The van der Waals surface area contributed by atoms with Crippen LogP contribution in [0.3, 0.4) is 0 Å². The summed E-state index contributed by atoms with van der Waals surface area (Å²) in [5.41, 5.74) is 2.61. The fourth-order valence-electron chi connectivity index (χ4n) is 4.76. The smallest absolute Gasteiger partial charge is 0.408 e. The lowest BCUT2D eigenvalue weighted by atomic mass is 9.90. The molecule has 2 aromatic rings. The van der Waals surface area contributed by atoms with Crippen LogP contribution in [0.2, 0.25) is 0 Å². The van der Waals surface area contributed by atoms with Crippen molar-refractivity contribution in [1.82, 2.24) is 14.9 Å². The van der Waals surface area contributed by atoms with Crippen LogP contribution in [-0.2, 0) is 10.5 Å². The topological polar surface area (TPSA) is 67.2 Å². The largest absolute Gasteiger partial charge is 0.507 e. The molecule has 0 aliphatic carbocycles. The number of hydrogen-bond acceptors (Lipinski definition) is 6. The molecule has 0 bridgehead atoms. The zero-order valence-corrected chi connectivity index (χ0v) is 19.9. The normalized spacial score (nSPS) is 22.9. The van der Waals surface area contributed by atoms with Gasteiger partial charge >= 0.3 is 6.18 Å². The Bertz CT molecular complexity index is 1330. The SMILES string of the molecule is C#Cc1cccc2c1[C@@H](N1CN([C@H](C)C(F)(F)F)C(=O)C3=C(O)C(O)C=CN31)c1ccccc1SC2. The predicted molar refractivity (Wildman–Crippen MR) is 128 cm³/mol. The van der Waals surface area contributed by atoms with Crippen LogP contribution in [0, 0.1) is 12.3 Å². The quantitative estimate of drug-likeness (QED) is 0.585. The molecule has 0 aromatic heterocycles. The molecule has 2 N–H and O–H groups in total. The zero-order valence-electron chi connectivity index (χ0n) is 19.1. The van der Waals surface area contributed by atoms with Crippen LogP contribution in [0.5, 0.6) is 0 Å². The molecule has 3 heterocycles. The molecule has 3 aliphatic rings. The van der Waals surface area contributed by atoms with Crippen LogP contribution in [0.25, 0.3) is 0 Å². The summed E-state index contributed by atoms with van der Waals surface area (Å²) < 4.78 is 41.5. The molecular weight excluding hydrogens is 491 g/mol. The monoisotopic (exact) mass is 513 g/mol. The van der Waals surface area contributed by atoms with E-state index in [9.17, 15) is 28.2 Å². The number of carbonyl (C=O) groups excluding carboxylic acids is 1. The molecule has 5 rings (SSSR count). The number of thioether (sulfide) groups is 1. The summed E-state index contributed by atoms with van der Waals surface area (Å²) in [6, 6.07) is 10.3. The summed E-state index contributed by atoms with van der Waals surface area (Å²) >= 11 is 1.59. The van der Waals surface area contributed by atoms with E-state index in [2.05, 4.69) is 5.92 Å². The van der Waals surface area contributed by atoms with Crippen molar-refractivity contribution in [3.05, 3.63) is 88.5 Å². The number of carbonyl (C=O) groups is 1. The second-order valence-corrected chi connectivity index (χ2v) is 9.71. The number of aliphatic hydroxyl groups excluding tert-OH is 2. The van der Waals surface area contributed by atoms with E-state index in [1.165, 1.54) is 17.3 Å². The molecule has 1 saturated heterocycles. The Kier molecular flexibility index (Phi) is 6.03. The van der Waals surface area contributed by atoms with Crippen LogP contribution in [0.15, 0.2) is 71.1 Å². The van der Waals surface area contributed by atoms with Gasteiger partial charge in [0.1, 0.15) is 12.1 Å². The fourth-order valence-corrected chi connectivity index (χ4v) is 5.84. The molecule has 1 unspecified atom stereocenters. The number of halogens is 3. The summed E-state index contributed by atoms with van der Waals surface area (Å²) in [5.74, 6) is 1.55. The number of fused-ring (bicyclic) bond motifs is 3. The van der Waals surface area contributed by atoms with Gasteiger partial charge in [0.15, 0.2) is 11.5 Å². The van der Waals surface area contributed by atoms with Crippen LogP contribution in [0.4, 0.5) is 13.2 Å². The van der Waals surface area contributed by atoms with Crippen LogP contribution >= 0.6 is 11.8 Å². The van der Waals surface area contributed by atoms with Crippen LogP contribution in [-0.4, -0.2) is 56.0 Å². The van der Waals surface area contributed by atoms with E-state index in [1.54, 1.807) is 22.8 Å². The standard InChI is InChI=1S/C26H22F3N3O3S/c1-3-16-7-6-8-17-13-36-20-10-5-4-9-18(20)22(21(16)17)32-14-30(15(2)26(27,28)29)25(35)23-24(34)19(33)11-12-31(23)32/h1,4-12,15,19,22,33-34H,13-14H2,2H3/t15-,19?,22+/m1/s1. The van der Waals surface area contributed by atoms with Gasteiger partial charge in [-0.15, -0.1) is 18.2 Å². The Morgan fingerprint density at radius 3 is 2.67 bits per heavy atom. The van der Waals surface area contributed by atoms with E-state index in [1.807, 2.05) is 36.4 Å². The lowest BCUT2D eigenvalue weighted by molar-refractivity contribution is -0.204. The average molecular weight is 514 g/mol. The van der Waals surface area contributed by atoms with Gasteiger partial charge in [0.25, 0.3) is 5.91 Å². The molecule has 3 aliphatic heterocycles. The highest BCUT2D eigenvalue weighted by molar-refractivity contribution is 7.98. The maximum Gasteiger partial charge on any atom is 0.408 e. The Morgan fingerprint density at radius 1 is 1.19 bits per heavy atom. The lowest BCUT2D eigenvalue weighted by Gasteiger charge is -2.50. The van der Waals surface area contributed by atoms with Crippen LogP contribution < -0.4 is 0 Å². The third kappa shape index (κ3) is 3.84. The van der Waals surface area contributed by atoms with E-state index in [0.29, 0.717) is 16.2 Å². The highest BCUT2D eigenvalue weighted by Crippen LogP contribution is 2.46. The number of amides is 1. The second-order valence-electron chi connectivity index (χ2n) is 8.69. The molecule has 36 heavy (non-hydrogen) atoms. The molecule has 3 atom stereocenters. The van der Waals surface area contributed by atoms with E-state index in [4.69, 9.17) is 6.42 Å². The van der Waals surface area contributed by atoms with Crippen molar-refractivity contribution < 1.29 is 28.2 Å². The molecule has 0 saturated carbocycles. The van der Waals surface area contributed by atoms with Gasteiger partial charge in [-0.1, -0.05) is 36.3 Å². The number of benzene rings is 2. The number of nitrogens with zero attached hydrogens (tertiary/aromatic N) is 3. The van der Waals surface area contributed by atoms with Gasteiger partial charge in [-0.2, -0.15) is 18.2 Å². The van der Waals surface area contributed by atoms with E-state index in [0.717, 1.165) is 28.5 Å². The molecule has 10 heteroatoms. The number of aliphatic hydroxyl groups is 2. The van der Waals surface area contributed by atoms with Crippen molar-refractivity contribution >= 4 is 17.7 Å². The van der Waals surface area contributed by atoms with Crippen molar-refractivity contribution in [2.24, 2.45) is 0 Å². The predicted octanol–water partition coefficient (Wildman–Crippen LogP) is 4.29. The number of alkyl halides is 3. The van der Waals surface area contributed by atoms with Crippen molar-refractivity contribution in [3.8, 4) is 12.3 Å². The van der Waals surface area contributed by atoms with Gasteiger partial charge in [-0.3, -0.25) is 9.80 Å². The molecule has 0 radical (unpaired) electrons. The van der Waals surface area contributed by atoms with Crippen molar-refractivity contribution in [2.75, 3.05) is 6.67 Å². The summed E-state index contributed by atoms with van der Waals surface area (Å²) in [6.07, 6.45) is 2.30. The Labute approximate surface area is 210 Å². The Hall–Kier alpha value is -3.39. The molecule has 0 spiro atoms. The number of rotatable bonds is 2. The molecule has 186 valence electrons. The number of terminal acetylenes is 1. The molecule has 2 aromatic carbocycles. The van der Waals surface area contributed by atoms with Crippen LogP contribution in [0.1, 0.15) is 35.2 Å². The van der Waals surface area contributed by atoms with Gasteiger partial charge in [0, 0.05) is 22.4 Å². The first-order chi connectivity index (χ1) is 17.1. The summed E-state index contributed by atoms with van der Waals surface area (Å²) in [4.78, 5) is 14.9. The Balaban J connectivity index is 1.76. The van der Waals surface area contributed by atoms with E-state index < -0.39 is 48.4 Å². The molecular formula is C26H22F3N3O3S. The summed E-state index contributed by atoms with van der Waals surface area (Å²) in [7, 11) is 0. The fraction of sp³-hybridized carbons (Fsp3) is 0.269. The van der Waals surface area contributed by atoms with Gasteiger partial charge in [-0.05, 0) is 41.8 Å². The number of hydrogen-bond donors (Lipinski definition) is 2. The molecule has 1 fully saturated rings. The minimum Gasteiger partial charge on any atom is -0.507 e. The molecule has 1 amide bonds. The Morgan fingerprint density at radius 2 is 1.94 bits per heavy atom. The highest BCUT2D eigenvalue weighted by Gasteiger charge is 2.50. The van der Waals surface area contributed by atoms with E-state index in [-0.39, 0.29) is 0 Å². The zero-order chi connectivity index (χ0) is 25.8. The minimum absolute atomic E-state index is 0.429.